The minimum absolute atomic E-state index is 0.693. The van der Waals surface area contributed by atoms with E-state index < -0.39 is 0 Å². The van der Waals surface area contributed by atoms with Crippen molar-refractivity contribution in [3.8, 4) is 0 Å². The average molecular weight is 310 g/mol. The summed E-state index contributed by atoms with van der Waals surface area (Å²) >= 11 is 9.27. The van der Waals surface area contributed by atoms with Crippen molar-refractivity contribution in [2.24, 2.45) is 5.10 Å². The Morgan fingerprint density at radius 3 is 2.59 bits per heavy atom. The number of benzene rings is 2. The number of nitrogens with one attached hydrogen (secondary N) is 1. The van der Waals surface area contributed by atoms with Gasteiger partial charge in [-0.15, -0.1) is 0 Å². The zero-order valence-electron chi connectivity index (χ0n) is 8.90. The number of hydrazone groups is 1. The summed E-state index contributed by atoms with van der Waals surface area (Å²) in [6.45, 7) is 0. The topological polar surface area (TPSA) is 24.4 Å². The fraction of sp³-hybridized carbons (Fsp3) is 0. The quantitative estimate of drug-likeness (QED) is 0.653. The van der Waals surface area contributed by atoms with Crippen LogP contribution in [0.4, 0.5) is 5.69 Å². The zero-order chi connectivity index (χ0) is 12.1. The van der Waals surface area contributed by atoms with Crippen LogP contribution >= 0.6 is 27.5 Å². The normalized spacial score (nSPS) is 10.7. The van der Waals surface area contributed by atoms with E-state index in [9.17, 15) is 0 Å². The Balaban J connectivity index is 2.03. The molecule has 1 N–H and O–H groups in total. The summed E-state index contributed by atoms with van der Waals surface area (Å²) in [5.74, 6) is 0. The molecule has 0 aromatic heterocycles. The van der Waals surface area contributed by atoms with Crippen LogP contribution in [0.2, 0.25) is 5.02 Å². The highest BCUT2D eigenvalue weighted by molar-refractivity contribution is 9.10. The van der Waals surface area contributed by atoms with Gasteiger partial charge in [0.2, 0.25) is 0 Å². The summed E-state index contributed by atoms with van der Waals surface area (Å²) in [5.41, 5.74) is 4.88. The van der Waals surface area contributed by atoms with Crippen molar-refractivity contribution in [2.75, 3.05) is 5.43 Å². The largest absolute Gasteiger partial charge is 0.279 e. The smallest absolute Gasteiger partial charge is 0.0561 e. The summed E-state index contributed by atoms with van der Waals surface area (Å²) in [6.07, 6.45) is 1.74. The van der Waals surface area contributed by atoms with E-state index in [-0.39, 0.29) is 0 Å². The lowest BCUT2D eigenvalue weighted by atomic mass is 10.2. The molecule has 0 radical (unpaired) electrons. The second-order valence-corrected chi connectivity index (χ2v) is 4.67. The molecule has 17 heavy (non-hydrogen) atoms. The van der Waals surface area contributed by atoms with Gasteiger partial charge in [-0.3, -0.25) is 5.43 Å². The second-order valence-electron chi connectivity index (χ2n) is 3.41. The monoisotopic (exact) mass is 308 g/mol. The van der Waals surface area contributed by atoms with Crippen molar-refractivity contribution in [1.29, 1.82) is 0 Å². The number of hydrogen-bond donors (Lipinski definition) is 1. The van der Waals surface area contributed by atoms with Crippen molar-refractivity contribution in [3.05, 3.63) is 63.6 Å². The van der Waals surface area contributed by atoms with Crippen LogP contribution in [-0.2, 0) is 0 Å². The maximum Gasteiger partial charge on any atom is 0.0561 e. The van der Waals surface area contributed by atoms with Gasteiger partial charge in [-0.25, -0.2) is 0 Å². The van der Waals surface area contributed by atoms with Gasteiger partial charge in [0.1, 0.15) is 0 Å². The molecule has 0 bridgehead atoms. The summed E-state index contributed by atoms with van der Waals surface area (Å²) in [7, 11) is 0. The molecule has 2 aromatic carbocycles. The maximum atomic E-state index is 5.90. The van der Waals surface area contributed by atoms with Gasteiger partial charge in [-0.1, -0.05) is 35.9 Å². The Labute approximate surface area is 113 Å². The Kier molecular flexibility index (Phi) is 4.18. The summed E-state index contributed by atoms with van der Waals surface area (Å²) in [6, 6.07) is 15.4. The molecule has 0 atom stereocenters. The van der Waals surface area contributed by atoms with Crippen LogP contribution in [0.1, 0.15) is 5.56 Å². The molecule has 2 rings (SSSR count). The molecule has 0 amide bonds. The molecule has 2 aromatic rings. The van der Waals surface area contributed by atoms with E-state index in [4.69, 9.17) is 11.6 Å². The molecule has 0 heterocycles. The molecule has 0 saturated heterocycles. The average Bonchev–Trinajstić information content (AvgIpc) is 2.35. The molecule has 0 spiro atoms. The van der Waals surface area contributed by atoms with Gasteiger partial charge in [0.25, 0.3) is 0 Å². The van der Waals surface area contributed by atoms with E-state index in [2.05, 4.69) is 26.5 Å². The van der Waals surface area contributed by atoms with E-state index in [0.717, 1.165) is 15.7 Å². The highest BCUT2D eigenvalue weighted by atomic mass is 79.9. The van der Waals surface area contributed by atoms with Crippen LogP contribution in [0.15, 0.2) is 58.1 Å². The van der Waals surface area contributed by atoms with Gasteiger partial charge in [-0.05, 0) is 45.8 Å². The Morgan fingerprint density at radius 1 is 1.12 bits per heavy atom. The standard InChI is InChI=1S/C13H10BrClN2/c14-12-8-10(6-7-13(12)15)9-16-17-11-4-2-1-3-5-11/h1-9,17H. The number of anilines is 1. The second kappa shape index (κ2) is 5.84. The molecule has 0 aliphatic carbocycles. The van der Waals surface area contributed by atoms with Crippen molar-refractivity contribution in [3.63, 3.8) is 0 Å². The third-order valence-electron chi connectivity index (χ3n) is 2.12. The van der Waals surface area contributed by atoms with Crippen molar-refractivity contribution in [1.82, 2.24) is 0 Å². The highest BCUT2D eigenvalue weighted by Gasteiger charge is 1.96. The van der Waals surface area contributed by atoms with Crippen LogP contribution in [0.3, 0.4) is 0 Å². The van der Waals surface area contributed by atoms with Crippen LogP contribution in [0.25, 0.3) is 0 Å². The third kappa shape index (κ3) is 3.58. The summed E-state index contributed by atoms with van der Waals surface area (Å²) in [4.78, 5) is 0. The Hall–Kier alpha value is -1.32. The minimum Gasteiger partial charge on any atom is -0.279 e. The van der Waals surface area contributed by atoms with E-state index in [1.165, 1.54) is 0 Å². The van der Waals surface area contributed by atoms with Gasteiger partial charge in [0.15, 0.2) is 0 Å². The number of halogens is 2. The SMILES string of the molecule is Clc1ccc(C=NNc2ccccc2)cc1Br. The van der Waals surface area contributed by atoms with Gasteiger partial charge in [0, 0.05) is 4.47 Å². The first-order chi connectivity index (χ1) is 8.25. The van der Waals surface area contributed by atoms with E-state index in [0.29, 0.717) is 5.02 Å². The van der Waals surface area contributed by atoms with Gasteiger partial charge >= 0.3 is 0 Å². The maximum absolute atomic E-state index is 5.90. The molecule has 0 fully saturated rings. The highest BCUT2D eigenvalue weighted by Crippen LogP contribution is 2.22. The third-order valence-corrected chi connectivity index (χ3v) is 3.34. The van der Waals surface area contributed by atoms with Gasteiger partial charge in [0.05, 0.1) is 16.9 Å². The number of rotatable bonds is 3. The first-order valence-electron chi connectivity index (χ1n) is 5.05. The molecule has 0 unspecified atom stereocenters. The first-order valence-corrected chi connectivity index (χ1v) is 6.22. The number of hydrogen-bond acceptors (Lipinski definition) is 2. The van der Waals surface area contributed by atoms with E-state index in [1.807, 2.05) is 48.5 Å². The predicted octanol–water partition coefficient (Wildman–Crippen LogP) is 4.55. The van der Waals surface area contributed by atoms with Gasteiger partial charge in [-0.2, -0.15) is 5.10 Å². The molecular formula is C13H10BrClN2. The zero-order valence-corrected chi connectivity index (χ0v) is 11.2. The Morgan fingerprint density at radius 2 is 1.88 bits per heavy atom. The van der Waals surface area contributed by atoms with Crippen LogP contribution < -0.4 is 5.43 Å². The van der Waals surface area contributed by atoms with Crippen molar-refractivity contribution < 1.29 is 0 Å². The lowest BCUT2D eigenvalue weighted by Crippen LogP contribution is -1.90. The molecule has 0 saturated carbocycles. The van der Waals surface area contributed by atoms with Crippen LogP contribution in [0, 0.1) is 0 Å². The first kappa shape index (κ1) is 12.1. The number of nitrogens with zero attached hydrogens (tertiary/aromatic N) is 1. The molecular weight excluding hydrogens is 300 g/mol. The molecule has 2 nitrogen and oxygen atoms in total. The lowest BCUT2D eigenvalue weighted by Gasteiger charge is -1.99. The molecule has 0 aliphatic rings. The van der Waals surface area contributed by atoms with Crippen LogP contribution in [0.5, 0.6) is 0 Å². The Bertz CT molecular complexity index is 526. The number of para-hydroxylation sites is 1. The van der Waals surface area contributed by atoms with E-state index in [1.54, 1.807) is 6.21 Å². The van der Waals surface area contributed by atoms with Crippen molar-refractivity contribution >= 4 is 39.4 Å². The fourth-order valence-electron chi connectivity index (χ4n) is 1.29. The van der Waals surface area contributed by atoms with Gasteiger partial charge < -0.3 is 0 Å². The molecule has 86 valence electrons. The summed E-state index contributed by atoms with van der Waals surface area (Å²) in [5, 5.41) is 4.84. The molecule has 0 aliphatic heterocycles. The lowest BCUT2D eigenvalue weighted by molar-refractivity contribution is 1.35. The minimum atomic E-state index is 0.693. The van der Waals surface area contributed by atoms with E-state index >= 15 is 0 Å². The van der Waals surface area contributed by atoms with Crippen LogP contribution in [-0.4, -0.2) is 6.21 Å². The molecule has 4 heteroatoms. The predicted molar refractivity (Wildman–Crippen MR) is 76.8 cm³/mol. The fourth-order valence-corrected chi connectivity index (χ4v) is 1.80. The van der Waals surface area contributed by atoms with Crippen molar-refractivity contribution in [2.45, 2.75) is 0 Å². The summed E-state index contributed by atoms with van der Waals surface area (Å²) < 4.78 is 0.864.